The van der Waals surface area contributed by atoms with E-state index in [4.69, 9.17) is 9.47 Å². The van der Waals surface area contributed by atoms with Crippen molar-refractivity contribution in [3.8, 4) is 11.5 Å². The van der Waals surface area contributed by atoms with E-state index in [0.29, 0.717) is 37.7 Å². The summed E-state index contributed by atoms with van der Waals surface area (Å²) in [7, 11) is 1.59. The zero-order valence-corrected chi connectivity index (χ0v) is 16.9. The van der Waals surface area contributed by atoms with Crippen LogP contribution in [0, 0.1) is 5.92 Å². The van der Waals surface area contributed by atoms with Gasteiger partial charge in [-0.3, -0.25) is 9.59 Å². The summed E-state index contributed by atoms with van der Waals surface area (Å²) in [5, 5.41) is 0. The molecule has 0 N–H and O–H groups in total. The molecule has 1 aliphatic carbocycles. The molecule has 0 spiro atoms. The van der Waals surface area contributed by atoms with Gasteiger partial charge in [0.05, 0.1) is 7.11 Å². The fourth-order valence-corrected chi connectivity index (χ4v) is 3.94. The number of hydrogen-bond donors (Lipinski definition) is 0. The Morgan fingerprint density at radius 2 is 1.75 bits per heavy atom. The second-order valence-corrected chi connectivity index (χ2v) is 7.39. The zero-order chi connectivity index (χ0) is 19.9. The van der Waals surface area contributed by atoms with Gasteiger partial charge < -0.3 is 19.3 Å². The third-order valence-corrected chi connectivity index (χ3v) is 5.55. The number of benzene rings is 1. The van der Waals surface area contributed by atoms with Crippen molar-refractivity contribution in [2.75, 3.05) is 39.9 Å². The Hall–Kier alpha value is -2.50. The normalized spacial score (nSPS) is 17.9. The standard InChI is InChI=1S/C22H30N2O4/c1-3-6-17-9-10-19(20(15-17)27-2)28-16-21(25)23-11-13-24(14-12-23)22(26)18-7-4-5-8-18/h3,6,9-10,15,18H,4-5,7-8,11-14,16H2,1-2H3/b6-3+. The maximum atomic E-state index is 12.5. The summed E-state index contributed by atoms with van der Waals surface area (Å²) in [6.45, 7) is 4.29. The van der Waals surface area contributed by atoms with Crippen LogP contribution in [0.25, 0.3) is 6.08 Å². The number of methoxy groups -OCH3 is 1. The number of allylic oxidation sites excluding steroid dienone is 1. The van der Waals surface area contributed by atoms with E-state index in [1.54, 1.807) is 12.0 Å². The lowest BCUT2D eigenvalue weighted by Gasteiger charge is -2.36. The van der Waals surface area contributed by atoms with E-state index in [1.165, 1.54) is 0 Å². The predicted octanol–water partition coefficient (Wildman–Crippen LogP) is 2.97. The minimum Gasteiger partial charge on any atom is -0.493 e. The van der Waals surface area contributed by atoms with Gasteiger partial charge in [-0.15, -0.1) is 0 Å². The van der Waals surface area contributed by atoms with E-state index >= 15 is 0 Å². The zero-order valence-electron chi connectivity index (χ0n) is 16.9. The highest BCUT2D eigenvalue weighted by Gasteiger charge is 2.30. The summed E-state index contributed by atoms with van der Waals surface area (Å²) >= 11 is 0. The van der Waals surface area contributed by atoms with Crippen molar-refractivity contribution in [3.63, 3.8) is 0 Å². The van der Waals surface area contributed by atoms with Crippen LogP contribution in [0.5, 0.6) is 11.5 Å². The topological polar surface area (TPSA) is 59.1 Å². The van der Waals surface area contributed by atoms with Crippen LogP contribution in [0.1, 0.15) is 38.2 Å². The van der Waals surface area contributed by atoms with E-state index in [1.807, 2.05) is 42.2 Å². The Morgan fingerprint density at radius 1 is 1.07 bits per heavy atom. The summed E-state index contributed by atoms with van der Waals surface area (Å²) in [6.07, 6.45) is 8.28. The molecule has 6 nitrogen and oxygen atoms in total. The minimum atomic E-state index is -0.0625. The fourth-order valence-electron chi connectivity index (χ4n) is 3.94. The summed E-state index contributed by atoms with van der Waals surface area (Å²) in [4.78, 5) is 28.7. The molecule has 152 valence electrons. The Morgan fingerprint density at radius 3 is 2.39 bits per heavy atom. The number of carbonyl (C=O) groups excluding carboxylic acids is 2. The molecule has 1 aliphatic heterocycles. The van der Waals surface area contributed by atoms with Gasteiger partial charge in [0.15, 0.2) is 18.1 Å². The predicted molar refractivity (Wildman–Crippen MR) is 108 cm³/mol. The SMILES string of the molecule is C/C=C/c1ccc(OCC(=O)N2CCN(C(=O)C3CCCC3)CC2)c(OC)c1. The number of amides is 2. The fraction of sp³-hybridized carbons (Fsp3) is 0.545. The highest BCUT2D eigenvalue weighted by Crippen LogP contribution is 2.29. The molecule has 0 unspecified atom stereocenters. The molecule has 1 saturated heterocycles. The number of rotatable bonds is 6. The van der Waals surface area contributed by atoms with Gasteiger partial charge in [0.1, 0.15) is 0 Å². The Balaban J connectivity index is 1.49. The molecule has 28 heavy (non-hydrogen) atoms. The minimum absolute atomic E-state index is 0.0319. The molecule has 0 atom stereocenters. The first kappa shape index (κ1) is 20.2. The van der Waals surface area contributed by atoms with Crippen LogP contribution >= 0.6 is 0 Å². The molecule has 3 rings (SSSR count). The van der Waals surface area contributed by atoms with E-state index in [2.05, 4.69) is 0 Å². The van der Waals surface area contributed by atoms with E-state index in [9.17, 15) is 9.59 Å². The number of piperazine rings is 1. The van der Waals surface area contributed by atoms with Gasteiger partial charge in [0, 0.05) is 32.1 Å². The number of carbonyl (C=O) groups is 2. The first-order chi connectivity index (χ1) is 13.6. The summed E-state index contributed by atoms with van der Waals surface area (Å²) in [5.41, 5.74) is 1.01. The van der Waals surface area contributed by atoms with Crippen LogP contribution < -0.4 is 9.47 Å². The van der Waals surface area contributed by atoms with Crippen LogP contribution in [-0.4, -0.2) is 61.5 Å². The number of nitrogens with zero attached hydrogens (tertiary/aromatic N) is 2. The average Bonchev–Trinajstić information content (AvgIpc) is 3.27. The van der Waals surface area contributed by atoms with E-state index < -0.39 is 0 Å². The van der Waals surface area contributed by atoms with Crippen LogP contribution in [0.3, 0.4) is 0 Å². The highest BCUT2D eigenvalue weighted by atomic mass is 16.5. The van der Waals surface area contributed by atoms with Crippen molar-refractivity contribution in [1.82, 2.24) is 9.80 Å². The Bertz CT molecular complexity index is 717. The summed E-state index contributed by atoms with van der Waals surface area (Å²) < 4.78 is 11.1. The molecule has 1 heterocycles. The van der Waals surface area contributed by atoms with Crippen molar-refractivity contribution < 1.29 is 19.1 Å². The molecule has 2 amide bonds. The summed E-state index contributed by atoms with van der Waals surface area (Å²) in [5.74, 6) is 1.57. The third kappa shape index (κ3) is 4.86. The van der Waals surface area contributed by atoms with Gasteiger partial charge in [-0.1, -0.05) is 31.1 Å². The smallest absolute Gasteiger partial charge is 0.260 e. The second kappa shape index (κ2) is 9.62. The van der Waals surface area contributed by atoms with Gasteiger partial charge >= 0.3 is 0 Å². The van der Waals surface area contributed by atoms with Crippen LogP contribution in [0.15, 0.2) is 24.3 Å². The van der Waals surface area contributed by atoms with Gasteiger partial charge in [0.2, 0.25) is 5.91 Å². The maximum Gasteiger partial charge on any atom is 0.260 e. The van der Waals surface area contributed by atoms with Gasteiger partial charge in [-0.25, -0.2) is 0 Å². The lowest BCUT2D eigenvalue weighted by molar-refractivity contribution is -0.142. The molecule has 0 aromatic heterocycles. The van der Waals surface area contributed by atoms with Crippen molar-refractivity contribution in [3.05, 3.63) is 29.8 Å². The lowest BCUT2D eigenvalue weighted by Crippen LogP contribution is -2.52. The molecule has 1 saturated carbocycles. The molecule has 1 aromatic rings. The molecule has 1 aromatic carbocycles. The summed E-state index contributed by atoms with van der Waals surface area (Å²) in [6, 6.07) is 5.63. The van der Waals surface area contributed by atoms with Gasteiger partial charge in [0.25, 0.3) is 5.91 Å². The molecule has 2 fully saturated rings. The largest absolute Gasteiger partial charge is 0.493 e. The first-order valence-corrected chi connectivity index (χ1v) is 10.1. The Kier molecular flexibility index (Phi) is 6.95. The van der Waals surface area contributed by atoms with E-state index in [-0.39, 0.29) is 24.3 Å². The molecule has 2 aliphatic rings. The second-order valence-electron chi connectivity index (χ2n) is 7.39. The monoisotopic (exact) mass is 386 g/mol. The highest BCUT2D eigenvalue weighted by molar-refractivity contribution is 5.80. The quantitative estimate of drug-likeness (QED) is 0.754. The van der Waals surface area contributed by atoms with E-state index in [0.717, 1.165) is 31.2 Å². The average molecular weight is 386 g/mol. The van der Waals surface area contributed by atoms with Crippen molar-refractivity contribution in [1.29, 1.82) is 0 Å². The van der Waals surface area contributed by atoms with Crippen LogP contribution in [0.4, 0.5) is 0 Å². The van der Waals surface area contributed by atoms with Crippen LogP contribution in [0.2, 0.25) is 0 Å². The van der Waals surface area contributed by atoms with Crippen molar-refractivity contribution in [2.45, 2.75) is 32.6 Å². The molecule has 0 radical (unpaired) electrons. The van der Waals surface area contributed by atoms with Crippen LogP contribution in [-0.2, 0) is 9.59 Å². The third-order valence-electron chi connectivity index (χ3n) is 5.55. The number of hydrogen-bond acceptors (Lipinski definition) is 4. The van der Waals surface area contributed by atoms with Crippen molar-refractivity contribution in [2.24, 2.45) is 5.92 Å². The van der Waals surface area contributed by atoms with Crippen molar-refractivity contribution >= 4 is 17.9 Å². The van der Waals surface area contributed by atoms with Gasteiger partial charge in [-0.05, 0) is 37.5 Å². The molecule has 6 heteroatoms. The Labute approximate surface area is 167 Å². The molecular formula is C22H30N2O4. The number of ether oxygens (including phenoxy) is 2. The molecule has 0 bridgehead atoms. The maximum absolute atomic E-state index is 12.5. The lowest BCUT2D eigenvalue weighted by atomic mass is 10.1. The first-order valence-electron chi connectivity index (χ1n) is 10.1. The molecular weight excluding hydrogens is 356 g/mol. The van der Waals surface area contributed by atoms with Gasteiger partial charge in [-0.2, -0.15) is 0 Å².